The van der Waals surface area contributed by atoms with Crippen molar-refractivity contribution in [2.24, 2.45) is 5.41 Å². The van der Waals surface area contributed by atoms with Crippen LogP contribution in [0.25, 0.3) is 6.08 Å². The van der Waals surface area contributed by atoms with E-state index in [4.69, 9.17) is 16.7 Å². The summed E-state index contributed by atoms with van der Waals surface area (Å²) in [5.41, 5.74) is 2.06. The smallest absolute Gasteiger partial charge is 0.328 e. The molecule has 1 fully saturated rings. The Bertz CT molecular complexity index is 537. The number of piperidine rings is 1. The summed E-state index contributed by atoms with van der Waals surface area (Å²) >= 11 is 6.35. The minimum atomic E-state index is -0.949. The molecule has 2 rings (SSSR count). The van der Waals surface area contributed by atoms with Gasteiger partial charge < -0.3 is 10.0 Å². The fourth-order valence-electron chi connectivity index (χ4n) is 2.78. The molecule has 1 saturated heterocycles. The molecule has 4 heteroatoms. The van der Waals surface area contributed by atoms with Gasteiger partial charge in [-0.3, -0.25) is 0 Å². The fourth-order valence-corrected chi connectivity index (χ4v) is 3.08. The number of nitrogens with zero attached hydrogens (tertiary/aromatic N) is 1. The van der Waals surface area contributed by atoms with Gasteiger partial charge in [-0.05, 0) is 36.0 Å². The molecule has 0 radical (unpaired) electrons. The number of aliphatic carboxylic acids is 1. The second-order valence-corrected chi connectivity index (χ2v) is 6.45. The van der Waals surface area contributed by atoms with Crippen molar-refractivity contribution in [2.45, 2.75) is 26.7 Å². The van der Waals surface area contributed by atoms with Gasteiger partial charge in [-0.15, -0.1) is 0 Å². The van der Waals surface area contributed by atoms with Crippen LogP contribution >= 0.6 is 11.6 Å². The molecule has 0 bridgehead atoms. The number of hydrogen-bond donors (Lipinski definition) is 1. The third-order valence-corrected chi connectivity index (χ3v) is 3.95. The van der Waals surface area contributed by atoms with E-state index in [0.29, 0.717) is 5.02 Å². The maximum Gasteiger partial charge on any atom is 0.328 e. The maximum atomic E-state index is 10.7. The molecule has 0 amide bonds. The minimum Gasteiger partial charge on any atom is -0.478 e. The van der Waals surface area contributed by atoms with Crippen LogP contribution in [-0.2, 0) is 4.79 Å². The number of para-hydroxylation sites is 1. The molecule has 1 N–H and O–H groups in total. The third-order valence-electron chi connectivity index (χ3n) is 3.64. The van der Waals surface area contributed by atoms with E-state index in [2.05, 4.69) is 18.7 Å². The summed E-state index contributed by atoms with van der Waals surface area (Å²) in [5.74, 6) is -0.949. The van der Waals surface area contributed by atoms with Crippen LogP contribution in [0, 0.1) is 5.41 Å². The van der Waals surface area contributed by atoms with E-state index in [9.17, 15) is 4.79 Å². The highest BCUT2D eigenvalue weighted by atomic mass is 35.5. The summed E-state index contributed by atoms with van der Waals surface area (Å²) in [4.78, 5) is 13.0. The lowest BCUT2D eigenvalue weighted by Crippen LogP contribution is -2.40. The van der Waals surface area contributed by atoms with Crippen LogP contribution in [0.15, 0.2) is 24.3 Å². The lowest BCUT2D eigenvalue weighted by molar-refractivity contribution is -0.131. The Hall–Kier alpha value is -1.48. The number of carboxylic acid groups (broad SMARTS) is 1. The van der Waals surface area contributed by atoms with Crippen molar-refractivity contribution in [2.75, 3.05) is 18.0 Å². The van der Waals surface area contributed by atoms with E-state index >= 15 is 0 Å². The second kappa shape index (κ2) is 5.88. The van der Waals surface area contributed by atoms with Crippen LogP contribution in [0.5, 0.6) is 0 Å². The van der Waals surface area contributed by atoms with E-state index in [1.807, 2.05) is 18.2 Å². The predicted octanol–water partition coefficient (Wildman–Crippen LogP) is 4.06. The first-order chi connectivity index (χ1) is 9.39. The summed E-state index contributed by atoms with van der Waals surface area (Å²) in [6, 6.07) is 5.61. The Balaban J connectivity index is 2.37. The molecular formula is C16H20ClNO2. The third kappa shape index (κ3) is 3.54. The standard InChI is InChI=1S/C16H20ClNO2/c1-16(2)9-4-10-18(11-16)15-12(7-8-14(19)20)5-3-6-13(15)17/h3,5-8H,4,9-11H2,1-2H3,(H,19,20)/b8-7+. The lowest BCUT2D eigenvalue weighted by Gasteiger charge is -2.40. The maximum absolute atomic E-state index is 10.7. The molecule has 0 spiro atoms. The van der Waals surface area contributed by atoms with E-state index in [-0.39, 0.29) is 5.41 Å². The summed E-state index contributed by atoms with van der Waals surface area (Å²) in [7, 11) is 0. The van der Waals surface area contributed by atoms with Gasteiger partial charge >= 0.3 is 5.97 Å². The Morgan fingerprint density at radius 3 is 2.85 bits per heavy atom. The molecule has 20 heavy (non-hydrogen) atoms. The topological polar surface area (TPSA) is 40.5 Å². The Morgan fingerprint density at radius 2 is 2.20 bits per heavy atom. The largest absolute Gasteiger partial charge is 0.478 e. The van der Waals surface area contributed by atoms with Crippen LogP contribution in [-0.4, -0.2) is 24.2 Å². The first kappa shape index (κ1) is 14.9. The number of carbonyl (C=O) groups is 1. The van der Waals surface area contributed by atoms with E-state index in [1.165, 1.54) is 6.42 Å². The lowest BCUT2D eigenvalue weighted by atomic mass is 9.84. The van der Waals surface area contributed by atoms with Gasteiger partial charge in [0.15, 0.2) is 0 Å². The van der Waals surface area contributed by atoms with Gasteiger partial charge in [0.25, 0.3) is 0 Å². The molecule has 0 saturated carbocycles. The van der Waals surface area contributed by atoms with Crippen LogP contribution in [0.3, 0.4) is 0 Å². The number of benzene rings is 1. The zero-order valence-corrected chi connectivity index (χ0v) is 12.7. The van der Waals surface area contributed by atoms with Crippen molar-refractivity contribution in [3.8, 4) is 0 Å². The number of hydrogen-bond acceptors (Lipinski definition) is 2. The summed E-state index contributed by atoms with van der Waals surface area (Å²) < 4.78 is 0. The molecule has 3 nitrogen and oxygen atoms in total. The molecule has 0 unspecified atom stereocenters. The van der Waals surface area contributed by atoms with Gasteiger partial charge in [0.05, 0.1) is 10.7 Å². The van der Waals surface area contributed by atoms with Crippen LogP contribution < -0.4 is 4.90 Å². The summed E-state index contributed by atoms with van der Waals surface area (Å²) in [5, 5.41) is 9.47. The molecule has 0 atom stereocenters. The molecule has 1 aliphatic rings. The number of halogens is 1. The van der Waals surface area contributed by atoms with Crippen molar-refractivity contribution >= 4 is 29.3 Å². The van der Waals surface area contributed by atoms with Gasteiger partial charge in [-0.1, -0.05) is 37.6 Å². The molecule has 0 aliphatic carbocycles. The zero-order valence-electron chi connectivity index (χ0n) is 11.9. The van der Waals surface area contributed by atoms with E-state index in [1.54, 1.807) is 6.08 Å². The quantitative estimate of drug-likeness (QED) is 0.854. The van der Waals surface area contributed by atoms with Gasteiger partial charge in [0.2, 0.25) is 0 Å². The number of carboxylic acids is 1. The van der Waals surface area contributed by atoms with Gasteiger partial charge in [0.1, 0.15) is 0 Å². The van der Waals surface area contributed by atoms with Crippen LogP contribution in [0.1, 0.15) is 32.3 Å². The van der Waals surface area contributed by atoms with Gasteiger partial charge in [-0.2, -0.15) is 0 Å². The normalized spacial score (nSPS) is 18.4. The van der Waals surface area contributed by atoms with Crippen LogP contribution in [0.2, 0.25) is 5.02 Å². The van der Waals surface area contributed by atoms with Gasteiger partial charge in [-0.25, -0.2) is 4.79 Å². The highest BCUT2D eigenvalue weighted by Gasteiger charge is 2.28. The molecule has 1 aliphatic heterocycles. The predicted molar refractivity (Wildman–Crippen MR) is 83.3 cm³/mol. The monoisotopic (exact) mass is 293 g/mol. The SMILES string of the molecule is CC1(C)CCCN(c2c(Cl)cccc2/C=C/C(=O)O)C1. The number of anilines is 1. The highest BCUT2D eigenvalue weighted by molar-refractivity contribution is 6.33. The van der Waals surface area contributed by atoms with Crippen molar-refractivity contribution in [1.29, 1.82) is 0 Å². The van der Waals surface area contributed by atoms with E-state index in [0.717, 1.165) is 36.8 Å². The summed E-state index contributed by atoms with van der Waals surface area (Å²) in [6.07, 6.45) is 5.10. The average molecular weight is 294 g/mol. The summed E-state index contributed by atoms with van der Waals surface area (Å²) in [6.45, 7) is 6.40. The van der Waals surface area contributed by atoms with Crippen molar-refractivity contribution < 1.29 is 9.90 Å². The van der Waals surface area contributed by atoms with Gasteiger partial charge in [0, 0.05) is 19.2 Å². The fraction of sp³-hybridized carbons (Fsp3) is 0.438. The van der Waals surface area contributed by atoms with Crippen molar-refractivity contribution in [3.05, 3.63) is 34.9 Å². The first-order valence-electron chi connectivity index (χ1n) is 6.83. The molecule has 0 aromatic heterocycles. The number of rotatable bonds is 3. The molecule has 108 valence electrons. The van der Waals surface area contributed by atoms with Crippen molar-refractivity contribution in [1.82, 2.24) is 0 Å². The average Bonchev–Trinajstić information content (AvgIpc) is 2.35. The Kier molecular flexibility index (Phi) is 4.39. The van der Waals surface area contributed by atoms with Crippen molar-refractivity contribution in [3.63, 3.8) is 0 Å². The van der Waals surface area contributed by atoms with Crippen LogP contribution in [0.4, 0.5) is 5.69 Å². The minimum absolute atomic E-state index is 0.255. The molecular weight excluding hydrogens is 274 g/mol. The highest BCUT2D eigenvalue weighted by Crippen LogP contribution is 2.37. The molecule has 1 aromatic rings. The first-order valence-corrected chi connectivity index (χ1v) is 7.21. The zero-order chi connectivity index (χ0) is 14.8. The Morgan fingerprint density at radius 1 is 1.45 bits per heavy atom. The second-order valence-electron chi connectivity index (χ2n) is 6.04. The molecule has 1 aromatic carbocycles. The van der Waals surface area contributed by atoms with E-state index < -0.39 is 5.97 Å². The Labute approximate surface area is 124 Å². The molecule has 1 heterocycles.